The Balaban J connectivity index is 1.60. The summed E-state index contributed by atoms with van der Waals surface area (Å²) in [5.41, 5.74) is 0.380. The summed E-state index contributed by atoms with van der Waals surface area (Å²) >= 11 is 0. The number of nitrogens with one attached hydrogen (secondary N) is 1. The van der Waals surface area contributed by atoms with E-state index in [1.54, 1.807) is 34.9 Å². The van der Waals surface area contributed by atoms with Crippen molar-refractivity contribution in [1.29, 1.82) is 0 Å². The highest BCUT2D eigenvalue weighted by atomic mass is 16.3. The monoisotopic (exact) mass is 385 g/mol. The molecule has 1 N–H and O–H groups in total. The third-order valence-corrected chi connectivity index (χ3v) is 4.67. The van der Waals surface area contributed by atoms with E-state index in [0.29, 0.717) is 55.2 Å². The minimum atomic E-state index is -0.147. The fraction of sp³-hybridized carbons (Fsp3) is 0.500. The molecule has 2 aromatic rings. The minimum absolute atomic E-state index is 0.137. The number of carbonyl (C=O) groups is 2. The Labute approximate surface area is 164 Å². The molecule has 3 heterocycles. The molecule has 0 aromatic carbocycles. The van der Waals surface area contributed by atoms with Crippen LogP contribution in [0, 0.1) is 12.8 Å². The van der Waals surface area contributed by atoms with Gasteiger partial charge in [-0.1, -0.05) is 13.8 Å². The number of carbonyl (C=O) groups excluding carboxylic acids is 2. The molecule has 1 aliphatic heterocycles. The van der Waals surface area contributed by atoms with Gasteiger partial charge in [-0.25, -0.2) is 9.97 Å². The Morgan fingerprint density at radius 2 is 1.82 bits per heavy atom. The van der Waals surface area contributed by atoms with Crippen LogP contribution in [0.2, 0.25) is 0 Å². The minimum Gasteiger partial charge on any atom is -0.459 e. The molecule has 28 heavy (non-hydrogen) atoms. The summed E-state index contributed by atoms with van der Waals surface area (Å²) < 4.78 is 5.17. The zero-order valence-electron chi connectivity index (χ0n) is 16.6. The Hall–Kier alpha value is -2.90. The Morgan fingerprint density at radius 3 is 2.43 bits per heavy atom. The number of anilines is 1. The molecule has 0 radical (unpaired) electrons. The predicted octanol–water partition coefficient (Wildman–Crippen LogP) is 2.43. The first-order chi connectivity index (χ1) is 13.4. The highest BCUT2D eigenvalue weighted by Gasteiger charge is 2.27. The molecule has 1 saturated heterocycles. The molecule has 8 nitrogen and oxygen atoms in total. The van der Waals surface area contributed by atoms with Gasteiger partial charge in [-0.2, -0.15) is 0 Å². The fourth-order valence-electron chi connectivity index (χ4n) is 3.09. The van der Waals surface area contributed by atoms with Crippen LogP contribution < -0.4 is 5.32 Å². The Kier molecular flexibility index (Phi) is 6.28. The van der Waals surface area contributed by atoms with Crippen molar-refractivity contribution < 1.29 is 14.0 Å². The van der Waals surface area contributed by atoms with Gasteiger partial charge in [0, 0.05) is 38.8 Å². The fourth-order valence-corrected chi connectivity index (χ4v) is 3.09. The molecule has 0 atom stereocenters. The van der Waals surface area contributed by atoms with Crippen LogP contribution in [0.15, 0.2) is 28.9 Å². The maximum Gasteiger partial charge on any atom is 0.289 e. The summed E-state index contributed by atoms with van der Waals surface area (Å²) in [4.78, 5) is 37.3. The smallest absolute Gasteiger partial charge is 0.289 e. The molecule has 1 aliphatic rings. The van der Waals surface area contributed by atoms with Crippen LogP contribution in [0.1, 0.15) is 47.1 Å². The number of hydrogen-bond donors (Lipinski definition) is 1. The van der Waals surface area contributed by atoms with E-state index in [1.807, 2.05) is 0 Å². The van der Waals surface area contributed by atoms with Crippen LogP contribution in [-0.4, -0.2) is 64.3 Å². The van der Waals surface area contributed by atoms with Crippen molar-refractivity contribution in [2.45, 2.75) is 27.2 Å². The van der Waals surface area contributed by atoms with Crippen molar-refractivity contribution >= 4 is 17.6 Å². The first-order valence-corrected chi connectivity index (χ1v) is 9.65. The van der Waals surface area contributed by atoms with Gasteiger partial charge >= 0.3 is 0 Å². The summed E-state index contributed by atoms with van der Waals surface area (Å²) in [5.74, 6) is 1.86. The van der Waals surface area contributed by atoms with Gasteiger partial charge in [0.2, 0.25) is 0 Å². The van der Waals surface area contributed by atoms with Crippen molar-refractivity contribution in [3.05, 3.63) is 41.7 Å². The van der Waals surface area contributed by atoms with E-state index in [-0.39, 0.29) is 11.8 Å². The number of aromatic nitrogens is 2. The van der Waals surface area contributed by atoms with Crippen LogP contribution in [0.4, 0.5) is 5.82 Å². The lowest BCUT2D eigenvalue weighted by Crippen LogP contribution is -2.50. The average molecular weight is 385 g/mol. The molecular formula is C20H27N5O3. The van der Waals surface area contributed by atoms with E-state index < -0.39 is 0 Å². The van der Waals surface area contributed by atoms with Crippen LogP contribution in [0.25, 0.3) is 0 Å². The van der Waals surface area contributed by atoms with Gasteiger partial charge < -0.3 is 19.5 Å². The van der Waals surface area contributed by atoms with Crippen LogP contribution in [-0.2, 0) is 0 Å². The first-order valence-electron chi connectivity index (χ1n) is 9.65. The van der Waals surface area contributed by atoms with Crippen molar-refractivity contribution in [2.75, 3.05) is 38.0 Å². The summed E-state index contributed by atoms with van der Waals surface area (Å²) in [6, 6.07) is 5.05. The van der Waals surface area contributed by atoms with Crippen molar-refractivity contribution in [2.24, 2.45) is 5.92 Å². The summed E-state index contributed by atoms with van der Waals surface area (Å²) in [5, 5.41) is 3.27. The normalized spacial score (nSPS) is 14.4. The molecular weight excluding hydrogens is 358 g/mol. The van der Waals surface area contributed by atoms with Gasteiger partial charge in [0.1, 0.15) is 17.3 Å². The number of rotatable bonds is 6. The second-order valence-electron chi connectivity index (χ2n) is 7.36. The summed E-state index contributed by atoms with van der Waals surface area (Å²) in [7, 11) is 0. The maximum atomic E-state index is 12.9. The largest absolute Gasteiger partial charge is 0.459 e. The van der Waals surface area contributed by atoms with E-state index in [0.717, 1.165) is 13.0 Å². The lowest BCUT2D eigenvalue weighted by Gasteiger charge is -2.34. The van der Waals surface area contributed by atoms with Crippen molar-refractivity contribution in [1.82, 2.24) is 19.8 Å². The number of hydrogen-bond acceptors (Lipinski definition) is 6. The molecule has 8 heteroatoms. The summed E-state index contributed by atoms with van der Waals surface area (Å²) in [6.07, 6.45) is 2.51. The van der Waals surface area contributed by atoms with Gasteiger partial charge in [0.15, 0.2) is 5.76 Å². The SMILES string of the molecule is Cc1nc(NCCC(C)C)cc(C(=O)N2CCN(C(=O)c3ccco3)CC2)n1. The molecule has 0 unspecified atom stereocenters. The average Bonchev–Trinajstić information content (AvgIpc) is 3.21. The van der Waals surface area contributed by atoms with E-state index in [9.17, 15) is 9.59 Å². The van der Waals surface area contributed by atoms with E-state index in [2.05, 4.69) is 29.1 Å². The predicted molar refractivity (Wildman–Crippen MR) is 105 cm³/mol. The van der Waals surface area contributed by atoms with Gasteiger partial charge in [0.25, 0.3) is 11.8 Å². The second-order valence-corrected chi connectivity index (χ2v) is 7.36. The molecule has 0 saturated carbocycles. The van der Waals surface area contributed by atoms with Crippen LogP contribution in [0.5, 0.6) is 0 Å². The van der Waals surface area contributed by atoms with Crippen LogP contribution in [0.3, 0.4) is 0 Å². The van der Waals surface area contributed by atoms with Crippen LogP contribution >= 0.6 is 0 Å². The molecule has 0 aliphatic carbocycles. The first kappa shape index (κ1) is 19.9. The molecule has 2 amide bonds. The second kappa shape index (κ2) is 8.86. The molecule has 2 aromatic heterocycles. The zero-order chi connectivity index (χ0) is 20.1. The lowest BCUT2D eigenvalue weighted by atomic mass is 10.1. The Morgan fingerprint density at radius 1 is 1.14 bits per heavy atom. The molecule has 0 spiro atoms. The zero-order valence-corrected chi connectivity index (χ0v) is 16.6. The molecule has 3 rings (SSSR count). The standard InChI is InChI=1S/C20H27N5O3/c1-14(2)6-7-21-18-13-16(22-15(3)23-18)19(26)24-8-10-25(11-9-24)20(27)17-5-4-12-28-17/h4-5,12-14H,6-11H2,1-3H3,(H,21,22,23). The van der Waals surface area contributed by atoms with E-state index in [4.69, 9.17) is 4.42 Å². The van der Waals surface area contributed by atoms with E-state index >= 15 is 0 Å². The van der Waals surface area contributed by atoms with Gasteiger partial charge in [-0.05, 0) is 31.4 Å². The highest BCUT2D eigenvalue weighted by molar-refractivity contribution is 5.94. The van der Waals surface area contributed by atoms with Gasteiger partial charge in [-0.3, -0.25) is 9.59 Å². The topological polar surface area (TPSA) is 91.6 Å². The number of amides is 2. The highest BCUT2D eigenvalue weighted by Crippen LogP contribution is 2.14. The van der Waals surface area contributed by atoms with E-state index in [1.165, 1.54) is 6.26 Å². The van der Waals surface area contributed by atoms with Crippen molar-refractivity contribution in [3.63, 3.8) is 0 Å². The third kappa shape index (κ3) is 4.88. The van der Waals surface area contributed by atoms with Gasteiger partial charge in [0.05, 0.1) is 6.26 Å². The Bertz CT molecular complexity index is 811. The number of nitrogens with zero attached hydrogens (tertiary/aromatic N) is 4. The molecule has 1 fully saturated rings. The number of piperazine rings is 1. The third-order valence-electron chi connectivity index (χ3n) is 4.67. The lowest BCUT2D eigenvalue weighted by molar-refractivity contribution is 0.0515. The quantitative estimate of drug-likeness (QED) is 0.821. The molecule has 150 valence electrons. The van der Waals surface area contributed by atoms with Gasteiger partial charge in [-0.15, -0.1) is 0 Å². The van der Waals surface area contributed by atoms with Crippen molar-refractivity contribution in [3.8, 4) is 0 Å². The maximum absolute atomic E-state index is 12.9. The number of aryl methyl sites for hydroxylation is 1. The summed E-state index contributed by atoms with van der Waals surface area (Å²) in [6.45, 7) is 8.77. The number of furan rings is 1. The molecule has 0 bridgehead atoms.